The van der Waals surface area contributed by atoms with E-state index in [1.165, 1.54) is 0 Å². The van der Waals surface area contributed by atoms with Crippen LogP contribution in [0.4, 0.5) is 0 Å². The van der Waals surface area contributed by atoms with Crippen molar-refractivity contribution in [3.05, 3.63) is 0 Å². The molecule has 1 saturated heterocycles. The molecule has 0 amide bonds. The smallest absolute Gasteiger partial charge is 0.169 e. The van der Waals surface area contributed by atoms with E-state index in [0.29, 0.717) is 25.0 Å². The Balaban J connectivity index is 1.70. The Labute approximate surface area is 102 Å². The van der Waals surface area contributed by atoms with Crippen molar-refractivity contribution >= 4 is 6.29 Å². The van der Waals surface area contributed by atoms with Crippen LogP contribution < -0.4 is 5.73 Å². The minimum atomic E-state index is -0.435. The molecule has 0 radical (unpaired) electrons. The summed E-state index contributed by atoms with van der Waals surface area (Å²) in [6.07, 6.45) is 5.13. The molecule has 4 nitrogen and oxygen atoms in total. The Morgan fingerprint density at radius 2 is 1.94 bits per heavy atom. The van der Waals surface area contributed by atoms with Crippen LogP contribution in [0.25, 0.3) is 0 Å². The van der Waals surface area contributed by atoms with E-state index in [1.54, 1.807) is 0 Å². The van der Waals surface area contributed by atoms with Gasteiger partial charge in [-0.05, 0) is 31.6 Å². The van der Waals surface area contributed by atoms with Crippen molar-refractivity contribution < 1.29 is 14.3 Å². The number of carbonyl (C=O) groups excluding carboxylic acids is 1. The zero-order valence-electron chi connectivity index (χ0n) is 10.4. The number of rotatable bonds is 1. The molecule has 3 atom stereocenters. The Morgan fingerprint density at radius 1 is 1.24 bits per heavy atom. The molecule has 2 aliphatic carbocycles. The summed E-state index contributed by atoms with van der Waals surface area (Å²) in [5.74, 6) is 0.857. The molecule has 4 heteroatoms. The van der Waals surface area contributed by atoms with E-state index >= 15 is 0 Å². The molecule has 0 aromatic carbocycles. The van der Waals surface area contributed by atoms with E-state index in [-0.39, 0.29) is 11.5 Å². The molecule has 17 heavy (non-hydrogen) atoms. The van der Waals surface area contributed by atoms with Gasteiger partial charge in [0.05, 0.1) is 18.8 Å². The molecule has 2 saturated carbocycles. The lowest BCUT2D eigenvalue weighted by Crippen LogP contribution is -2.56. The number of aldehydes is 1. The lowest BCUT2D eigenvalue weighted by molar-refractivity contribution is -0.284. The first kappa shape index (κ1) is 11.6. The molecule has 3 fully saturated rings. The van der Waals surface area contributed by atoms with Gasteiger partial charge in [-0.2, -0.15) is 0 Å². The molecule has 1 spiro atoms. The van der Waals surface area contributed by atoms with Crippen LogP contribution in [-0.4, -0.2) is 30.8 Å². The van der Waals surface area contributed by atoms with Gasteiger partial charge in [0, 0.05) is 18.8 Å². The van der Waals surface area contributed by atoms with Crippen molar-refractivity contribution in [3.8, 4) is 0 Å². The van der Waals surface area contributed by atoms with Gasteiger partial charge in [-0.25, -0.2) is 0 Å². The van der Waals surface area contributed by atoms with Gasteiger partial charge in [0.25, 0.3) is 0 Å². The molecule has 3 rings (SSSR count). The van der Waals surface area contributed by atoms with Crippen LogP contribution in [0.3, 0.4) is 0 Å². The van der Waals surface area contributed by atoms with E-state index in [4.69, 9.17) is 15.2 Å². The maximum atomic E-state index is 11.0. The number of ether oxygens (including phenoxy) is 2. The monoisotopic (exact) mass is 239 g/mol. The average Bonchev–Trinajstić information content (AvgIpc) is 2.80. The van der Waals surface area contributed by atoms with Crippen LogP contribution in [0.15, 0.2) is 0 Å². The zero-order valence-corrected chi connectivity index (χ0v) is 10.4. The van der Waals surface area contributed by atoms with Crippen molar-refractivity contribution in [2.75, 3.05) is 13.2 Å². The normalized spacial score (nSPS) is 53.9. The minimum Gasteiger partial charge on any atom is -0.348 e. The first-order valence-electron chi connectivity index (χ1n) is 6.56. The summed E-state index contributed by atoms with van der Waals surface area (Å²) < 4.78 is 11.8. The van der Waals surface area contributed by atoms with Gasteiger partial charge in [-0.15, -0.1) is 0 Å². The molecule has 1 aliphatic heterocycles. The number of nitrogens with two attached hydrogens (primary N) is 1. The first-order valence-corrected chi connectivity index (χ1v) is 6.56. The highest BCUT2D eigenvalue weighted by Gasteiger charge is 2.54. The molecule has 0 aromatic rings. The quantitative estimate of drug-likeness (QED) is 0.696. The summed E-state index contributed by atoms with van der Waals surface area (Å²) in [6, 6.07) is 0. The maximum Gasteiger partial charge on any atom is 0.169 e. The second-order valence-corrected chi connectivity index (χ2v) is 6.35. The average molecular weight is 239 g/mol. The van der Waals surface area contributed by atoms with E-state index in [2.05, 4.69) is 0 Å². The summed E-state index contributed by atoms with van der Waals surface area (Å²) in [5.41, 5.74) is 5.62. The molecule has 3 aliphatic rings. The van der Waals surface area contributed by atoms with Gasteiger partial charge in [-0.1, -0.05) is 0 Å². The Bertz CT molecular complexity index is 319. The predicted molar refractivity (Wildman–Crippen MR) is 62.2 cm³/mol. The van der Waals surface area contributed by atoms with Gasteiger partial charge < -0.3 is 20.0 Å². The standard InChI is InChI=1S/C13H21NO3/c1-12(14)7-16-13(17-8-12)4-9-2-3-10(6-15)11(9)5-13/h6,9-11H,2-5,7-8,14H2,1H3. The second-order valence-electron chi connectivity index (χ2n) is 6.35. The molecule has 3 unspecified atom stereocenters. The topological polar surface area (TPSA) is 61.5 Å². The molecular formula is C13H21NO3. The second kappa shape index (κ2) is 3.77. The van der Waals surface area contributed by atoms with E-state index in [0.717, 1.165) is 32.0 Å². The molecule has 96 valence electrons. The third-order valence-electron chi connectivity index (χ3n) is 4.65. The largest absolute Gasteiger partial charge is 0.348 e. The van der Waals surface area contributed by atoms with Gasteiger partial charge >= 0.3 is 0 Å². The minimum absolute atomic E-state index is 0.220. The van der Waals surface area contributed by atoms with Gasteiger partial charge in [-0.3, -0.25) is 0 Å². The van der Waals surface area contributed by atoms with E-state index in [9.17, 15) is 4.79 Å². The summed E-state index contributed by atoms with van der Waals surface area (Å²) in [4.78, 5) is 11.0. The van der Waals surface area contributed by atoms with Crippen molar-refractivity contribution in [3.63, 3.8) is 0 Å². The lowest BCUT2D eigenvalue weighted by Gasteiger charge is -2.41. The molecule has 0 bridgehead atoms. The highest BCUT2D eigenvalue weighted by Crippen LogP contribution is 2.53. The highest BCUT2D eigenvalue weighted by molar-refractivity contribution is 5.55. The van der Waals surface area contributed by atoms with E-state index < -0.39 is 5.79 Å². The fourth-order valence-corrected chi connectivity index (χ4v) is 3.68. The molecule has 1 heterocycles. The van der Waals surface area contributed by atoms with Crippen LogP contribution in [0.1, 0.15) is 32.6 Å². The number of carbonyl (C=O) groups is 1. The SMILES string of the molecule is CC1(N)COC2(CC3CCC(C=O)C3C2)OC1. The Morgan fingerprint density at radius 3 is 2.59 bits per heavy atom. The van der Waals surface area contributed by atoms with Crippen molar-refractivity contribution in [2.24, 2.45) is 23.5 Å². The predicted octanol–water partition coefficient (Wildman–Crippen LogP) is 1.08. The molecular weight excluding hydrogens is 218 g/mol. The van der Waals surface area contributed by atoms with Crippen LogP contribution in [0, 0.1) is 17.8 Å². The summed E-state index contributed by atoms with van der Waals surface area (Å²) in [6.45, 7) is 3.06. The molecule has 2 N–H and O–H groups in total. The van der Waals surface area contributed by atoms with Gasteiger partial charge in [0.2, 0.25) is 0 Å². The van der Waals surface area contributed by atoms with Crippen LogP contribution in [0.2, 0.25) is 0 Å². The lowest BCUT2D eigenvalue weighted by atomic mass is 9.93. The third kappa shape index (κ3) is 1.92. The Hall–Kier alpha value is -0.450. The first-order chi connectivity index (χ1) is 8.04. The highest BCUT2D eigenvalue weighted by atomic mass is 16.7. The number of fused-ring (bicyclic) bond motifs is 1. The van der Waals surface area contributed by atoms with Crippen LogP contribution >= 0.6 is 0 Å². The van der Waals surface area contributed by atoms with Crippen molar-refractivity contribution in [2.45, 2.75) is 43.9 Å². The Kier molecular flexibility index (Phi) is 2.58. The van der Waals surface area contributed by atoms with Crippen LogP contribution in [0.5, 0.6) is 0 Å². The third-order valence-corrected chi connectivity index (χ3v) is 4.65. The van der Waals surface area contributed by atoms with Crippen LogP contribution in [-0.2, 0) is 14.3 Å². The van der Waals surface area contributed by atoms with E-state index in [1.807, 2.05) is 6.92 Å². The number of hydrogen-bond donors (Lipinski definition) is 1. The summed E-state index contributed by atoms with van der Waals surface area (Å²) in [5, 5.41) is 0. The summed E-state index contributed by atoms with van der Waals surface area (Å²) >= 11 is 0. The summed E-state index contributed by atoms with van der Waals surface area (Å²) in [7, 11) is 0. The van der Waals surface area contributed by atoms with Crippen molar-refractivity contribution in [1.82, 2.24) is 0 Å². The maximum absolute atomic E-state index is 11.0. The van der Waals surface area contributed by atoms with Gasteiger partial charge in [0.15, 0.2) is 5.79 Å². The fraction of sp³-hybridized carbons (Fsp3) is 0.923. The number of hydrogen-bond acceptors (Lipinski definition) is 4. The zero-order chi connectivity index (χ0) is 12.1. The van der Waals surface area contributed by atoms with Crippen molar-refractivity contribution in [1.29, 1.82) is 0 Å². The molecule has 0 aromatic heterocycles. The van der Waals surface area contributed by atoms with Gasteiger partial charge in [0.1, 0.15) is 6.29 Å². The fourth-order valence-electron chi connectivity index (χ4n) is 3.68.